The van der Waals surface area contributed by atoms with E-state index in [0.29, 0.717) is 11.7 Å². The van der Waals surface area contributed by atoms with Crippen molar-refractivity contribution in [2.24, 2.45) is 23.5 Å². The first kappa shape index (κ1) is 13.7. The Balaban J connectivity index is 2.52. The maximum Gasteiger partial charge on any atom is 0.152 e. The largest absolute Gasteiger partial charge is 0.321 e. The van der Waals surface area contributed by atoms with Gasteiger partial charge in [0.05, 0.1) is 6.04 Å². The maximum absolute atomic E-state index is 12.2. The van der Waals surface area contributed by atoms with Crippen LogP contribution in [0.15, 0.2) is 0 Å². The molecule has 0 saturated heterocycles. The third kappa shape index (κ3) is 3.31. The molecule has 2 nitrogen and oxygen atoms in total. The van der Waals surface area contributed by atoms with Crippen molar-refractivity contribution in [2.45, 2.75) is 65.3 Å². The Bertz CT molecular complexity index is 227. The van der Waals surface area contributed by atoms with E-state index in [9.17, 15) is 4.79 Å². The molecule has 2 heteroatoms. The van der Waals surface area contributed by atoms with Gasteiger partial charge >= 0.3 is 0 Å². The number of hydrogen-bond donors (Lipinski definition) is 1. The highest BCUT2D eigenvalue weighted by molar-refractivity contribution is 5.86. The average Bonchev–Trinajstić information content (AvgIpc) is 2.36. The molecule has 0 radical (unpaired) electrons. The van der Waals surface area contributed by atoms with E-state index in [-0.39, 0.29) is 12.0 Å². The molecule has 0 amide bonds. The monoisotopic (exact) mass is 225 g/mol. The molecule has 0 aromatic rings. The molecule has 4 atom stereocenters. The number of ketones is 1. The second kappa shape index (κ2) is 6.39. The summed E-state index contributed by atoms with van der Waals surface area (Å²) in [5.41, 5.74) is 6.04. The Morgan fingerprint density at radius 2 is 2.06 bits per heavy atom. The molecule has 1 fully saturated rings. The average molecular weight is 225 g/mol. The van der Waals surface area contributed by atoms with Gasteiger partial charge in [0.1, 0.15) is 0 Å². The summed E-state index contributed by atoms with van der Waals surface area (Å²) in [5.74, 6) is 1.66. The van der Waals surface area contributed by atoms with Crippen LogP contribution in [0.4, 0.5) is 0 Å². The SMILES string of the molecule is CCC1CCCC(C(=O)C(N)C(C)CC)C1. The highest BCUT2D eigenvalue weighted by Gasteiger charge is 2.31. The van der Waals surface area contributed by atoms with Crippen LogP contribution in [0.3, 0.4) is 0 Å². The molecular formula is C14H27NO. The van der Waals surface area contributed by atoms with Gasteiger partial charge in [-0.15, -0.1) is 0 Å². The molecule has 1 aliphatic carbocycles. The zero-order valence-corrected chi connectivity index (χ0v) is 11.0. The predicted molar refractivity (Wildman–Crippen MR) is 68.2 cm³/mol. The van der Waals surface area contributed by atoms with Crippen molar-refractivity contribution in [1.29, 1.82) is 0 Å². The van der Waals surface area contributed by atoms with E-state index in [1.54, 1.807) is 0 Å². The minimum atomic E-state index is -0.231. The van der Waals surface area contributed by atoms with Crippen molar-refractivity contribution in [1.82, 2.24) is 0 Å². The Morgan fingerprint density at radius 3 is 2.62 bits per heavy atom. The molecule has 2 N–H and O–H groups in total. The van der Waals surface area contributed by atoms with Crippen LogP contribution < -0.4 is 5.73 Å². The van der Waals surface area contributed by atoms with Gasteiger partial charge in [-0.25, -0.2) is 0 Å². The topological polar surface area (TPSA) is 43.1 Å². The van der Waals surface area contributed by atoms with Crippen LogP contribution in [0.25, 0.3) is 0 Å². The summed E-state index contributed by atoms with van der Waals surface area (Å²) in [4.78, 5) is 12.2. The lowest BCUT2D eigenvalue weighted by molar-refractivity contribution is -0.126. The standard InChI is InChI=1S/C14H27NO/c1-4-10(3)13(15)14(16)12-8-6-7-11(5-2)9-12/h10-13H,4-9,15H2,1-3H3. The Hall–Kier alpha value is -0.370. The van der Waals surface area contributed by atoms with Crippen LogP contribution in [0, 0.1) is 17.8 Å². The molecule has 1 aliphatic rings. The van der Waals surface area contributed by atoms with E-state index in [1.165, 1.54) is 19.3 Å². The van der Waals surface area contributed by atoms with Crippen molar-refractivity contribution in [3.05, 3.63) is 0 Å². The van der Waals surface area contributed by atoms with E-state index in [0.717, 1.165) is 25.2 Å². The molecule has 0 bridgehead atoms. The Labute approximate surface area is 100.0 Å². The van der Waals surface area contributed by atoms with Gasteiger partial charge in [-0.1, -0.05) is 46.5 Å². The lowest BCUT2D eigenvalue weighted by Gasteiger charge is -2.30. The first-order valence-corrected chi connectivity index (χ1v) is 6.89. The molecular weight excluding hydrogens is 198 g/mol. The molecule has 0 heterocycles. The van der Waals surface area contributed by atoms with E-state index >= 15 is 0 Å². The minimum absolute atomic E-state index is 0.231. The Morgan fingerprint density at radius 1 is 1.38 bits per heavy atom. The van der Waals surface area contributed by atoms with Crippen molar-refractivity contribution >= 4 is 5.78 Å². The van der Waals surface area contributed by atoms with Crippen molar-refractivity contribution in [3.63, 3.8) is 0 Å². The summed E-state index contributed by atoms with van der Waals surface area (Å²) in [7, 11) is 0. The van der Waals surface area contributed by atoms with Crippen molar-refractivity contribution in [3.8, 4) is 0 Å². The summed E-state index contributed by atoms with van der Waals surface area (Å²) >= 11 is 0. The van der Waals surface area contributed by atoms with Gasteiger partial charge in [0, 0.05) is 5.92 Å². The second-order valence-corrected chi connectivity index (χ2v) is 5.45. The number of hydrogen-bond acceptors (Lipinski definition) is 2. The van der Waals surface area contributed by atoms with Crippen LogP contribution in [-0.4, -0.2) is 11.8 Å². The molecule has 94 valence electrons. The summed E-state index contributed by atoms with van der Waals surface area (Å²) in [6.07, 6.45) is 6.87. The molecule has 0 spiro atoms. The zero-order valence-electron chi connectivity index (χ0n) is 11.0. The summed E-state index contributed by atoms with van der Waals surface area (Å²) in [6, 6.07) is -0.231. The van der Waals surface area contributed by atoms with Crippen molar-refractivity contribution < 1.29 is 4.79 Å². The first-order chi connectivity index (χ1) is 7.60. The Kier molecular flexibility index (Phi) is 5.47. The minimum Gasteiger partial charge on any atom is -0.321 e. The molecule has 16 heavy (non-hydrogen) atoms. The van der Waals surface area contributed by atoms with E-state index in [1.807, 2.05) is 0 Å². The highest BCUT2D eigenvalue weighted by atomic mass is 16.1. The maximum atomic E-state index is 12.2. The second-order valence-electron chi connectivity index (χ2n) is 5.45. The third-order valence-electron chi connectivity index (χ3n) is 4.35. The summed E-state index contributed by atoms with van der Waals surface area (Å²) in [5, 5.41) is 0. The van der Waals surface area contributed by atoms with Crippen LogP contribution >= 0.6 is 0 Å². The van der Waals surface area contributed by atoms with Gasteiger partial charge in [-0.3, -0.25) is 4.79 Å². The highest BCUT2D eigenvalue weighted by Crippen LogP contribution is 2.32. The first-order valence-electron chi connectivity index (χ1n) is 6.89. The molecule has 1 saturated carbocycles. The fourth-order valence-corrected chi connectivity index (χ4v) is 2.73. The zero-order chi connectivity index (χ0) is 12.1. The van der Waals surface area contributed by atoms with Crippen LogP contribution in [0.1, 0.15) is 59.3 Å². The third-order valence-corrected chi connectivity index (χ3v) is 4.35. The molecule has 1 rings (SSSR count). The van der Waals surface area contributed by atoms with E-state index in [2.05, 4.69) is 20.8 Å². The fraction of sp³-hybridized carbons (Fsp3) is 0.929. The van der Waals surface area contributed by atoms with E-state index in [4.69, 9.17) is 5.73 Å². The molecule has 4 unspecified atom stereocenters. The molecule has 0 aromatic heterocycles. The number of carbonyl (C=O) groups is 1. The lowest BCUT2D eigenvalue weighted by atomic mass is 9.75. The quantitative estimate of drug-likeness (QED) is 0.781. The van der Waals surface area contributed by atoms with Gasteiger partial charge in [0.15, 0.2) is 5.78 Å². The lowest BCUT2D eigenvalue weighted by Crippen LogP contribution is -2.41. The fourth-order valence-electron chi connectivity index (χ4n) is 2.73. The van der Waals surface area contributed by atoms with Gasteiger partial charge in [0.25, 0.3) is 0 Å². The number of carbonyl (C=O) groups excluding carboxylic acids is 1. The van der Waals surface area contributed by atoms with Gasteiger partial charge < -0.3 is 5.73 Å². The normalized spacial score (nSPS) is 29.8. The molecule has 0 aromatic carbocycles. The number of Topliss-reactive ketones (excluding diaryl/α,β-unsaturated/α-hetero) is 1. The summed E-state index contributed by atoms with van der Waals surface area (Å²) in [6.45, 7) is 6.42. The predicted octanol–water partition coefficient (Wildman–Crippen LogP) is 3.15. The smallest absolute Gasteiger partial charge is 0.152 e. The number of nitrogens with two attached hydrogens (primary N) is 1. The molecule has 0 aliphatic heterocycles. The van der Waals surface area contributed by atoms with Crippen molar-refractivity contribution in [2.75, 3.05) is 0 Å². The number of rotatable bonds is 5. The van der Waals surface area contributed by atoms with Crippen LogP contribution in [0.5, 0.6) is 0 Å². The van der Waals surface area contributed by atoms with E-state index < -0.39 is 0 Å². The van der Waals surface area contributed by atoms with Crippen LogP contribution in [0.2, 0.25) is 0 Å². The van der Waals surface area contributed by atoms with Gasteiger partial charge in [0.2, 0.25) is 0 Å². The van der Waals surface area contributed by atoms with Gasteiger partial charge in [-0.05, 0) is 24.7 Å². The van der Waals surface area contributed by atoms with Crippen LogP contribution in [-0.2, 0) is 4.79 Å². The summed E-state index contributed by atoms with van der Waals surface area (Å²) < 4.78 is 0. The van der Waals surface area contributed by atoms with Gasteiger partial charge in [-0.2, -0.15) is 0 Å².